The van der Waals surface area contributed by atoms with Gasteiger partial charge in [-0.2, -0.15) is 4.31 Å². The van der Waals surface area contributed by atoms with E-state index in [1.807, 2.05) is 6.92 Å². The number of likely N-dealkylation sites (N-methyl/N-ethyl adjacent to an activating group) is 1. The molecule has 4 rings (SSSR count). The third-order valence-electron chi connectivity index (χ3n) is 7.15. The van der Waals surface area contributed by atoms with E-state index < -0.39 is 34.1 Å². The van der Waals surface area contributed by atoms with Crippen molar-refractivity contribution in [1.29, 1.82) is 0 Å². The van der Waals surface area contributed by atoms with E-state index in [-0.39, 0.29) is 41.8 Å². The maximum absolute atomic E-state index is 13.7. The highest BCUT2D eigenvalue weighted by Gasteiger charge is 2.35. The van der Waals surface area contributed by atoms with E-state index in [0.717, 1.165) is 0 Å². The number of fused-ring (bicyclic) bond motifs is 1. The van der Waals surface area contributed by atoms with Crippen LogP contribution in [-0.4, -0.2) is 78.7 Å². The maximum Gasteiger partial charge on any atom is 0.323 e. The first-order valence-corrected chi connectivity index (χ1v) is 15.1. The quantitative estimate of drug-likeness (QED) is 0.340. The number of amides is 3. The van der Waals surface area contributed by atoms with Crippen molar-refractivity contribution in [3.63, 3.8) is 0 Å². The van der Waals surface area contributed by atoms with Crippen molar-refractivity contribution in [3.8, 4) is 5.75 Å². The molecule has 0 fully saturated rings. The van der Waals surface area contributed by atoms with Gasteiger partial charge in [-0.15, -0.1) is 0 Å². The molecular formula is C28H34ClN5O7S. The van der Waals surface area contributed by atoms with Gasteiger partial charge in [0.2, 0.25) is 10.0 Å². The summed E-state index contributed by atoms with van der Waals surface area (Å²) in [6, 6.07) is 9.42. The number of aliphatic hydroxyl groups excluding tert-OH is 1. The van der Waals surface area contributed by atoms with Crippen molar-refractivity contribution < 1.29 is 32.4 Å². The Balaban J connectivity index is 1.62. The Hall–Kier alpha value is -3.65. The third kappa shape index (κ3) is 6.70. The van der Waals surface area contributed by atoms with Crippen molar-refractivity contribution in [3.05, 3.63) is 64.5 Å². The minimum atomic E-state index is -3.86. The number of carbonyl (C=O) groups excluding carboxylic acids is 2. The van der Waals surface area contributed by atoms with Crippen molar-refractivity contribution in [1.82, 2.24) is 14.4 Å². The normalized spacial score (nSPS) is 18.1. The number of nitrogens with zero attached hydrogens (tertiary/aromatic N) is 3. The highest BCUT2D eigenvalue weighted by atomic mass is 35.5. The Bertz CT molecular complexity index is 1540. The number of aromatic nitrogens is 1. The van der Waals surface area contributed by atoms with Gasteiger partial charge in [-0.3, -0.25) is 4.79 Å². The van der Waals surface area contributed by atoms with Gasteiger partial charge in [-0.1, -0.05) is 23.7 Å². The maximum atomic E-state index is 13.7. The van der Waals surface area contributed by atoms with Crippen LogP contribution in [0.5, 0.6) is 5.75 Å². The molecule has 2 aromatic carbocycles. The Kier molecular flexibility index (Phi) is 9.46. The van der Waals surface area contributed by atoms with Gasteiger partial charge in [0.15, 0.2) is 5.76 Å². The van der Waals surface area contributed by atoms with Gasteiger partial charge >= 0.3 is 6.03 Å². The summed E-state index contributed by atoms with van der Waals surface area (Å²) in [7, 11) is -2.40. The predicted molar refractivity (Wildman–Crippen MR) is 157 cm³/mol. The summed E-state index contributed by atoms with van der Waals surface area (Å²) in [6.45, 7) is 6.85. The zero-order chi connectivity index (χ0) is 30.8. The van der Waals surface area contributed by atoms with Gasteiger partial charge in [0.05, 0.1) is 29.7 Å². The highest BCUT2D eigenvalue weighted by molar-refractivity contribution is 7.89. The molecular weight excluding hydrogens is 586 g/mol. The fraction of sp³-hybridized carbons (Fsp3) is 0.393. The molecule has 42 heavy (non-hydrogen) atoms. The van der Waals surface area contributed by atoms with Crippen LogP contribution in [0.1, 0.15) is 35.7 Å². The van der Waals surface area contributed by atoms with Crippen LogP contribution in [0.2, 0.25) is 5.02 Å². The molecule has 1 aromatic heterocycles. The zero-order valence-corrected chi connectivity index (χ0v) is 25.5. The number of aryl methyl sites for hydroxylation is 2. The monoisotopic (exact) mass is 619 g/mol. The summed E-state index contributed by atoms with van der Waals surface area (Å²) in [4.78, 5) is 28.0. The first-order chi connectivity index (χ1) is 19.8. The van der Waals surface area contributed by atoms with E-state index in [2.05, 4.69) is 15.8 Å². The molecule has 0 radical (unpaired) electrons. The summed E-state index contributed by atoms with van der Waals surface area (Å²) in [5.74, 6) is -0.0340. The topological polar surface area (TPSA) is 154 Å². The number of halogens is 1. The van der Waals surface area contributed by atoms with Crippen LogP contribution in [0.3, 0.4) is 0 Å². The molecule has 3 atom stereocenters. The second kappa shape index (κ2) is 12.7. The van der Waals surface area contributed by atoms with Crippen LogP contribution in [0, 0.1) is 19.8 Å². The van der Waals surface area contributed by atoms with E-state index in [1.54, 1.807) is 32.9 Å². The molecule has 3 aromatic rings. The van der Waals surface area contributed by atoms with E-state index >= 15 is 0 Å². The molecule has 1 aliphatic heterocycles. The minimum absolute atomic E-state index is 0.0129. The number of aliphatic hydroxyl groups is 1. The van der Waals surface area contributed by atoms with Gasteiger partial charge in [0.25, 0.3) is 5.91 Å². The van der Waals surface area contributed by atoms with Gasteiger partial charge in [0, 0.05) is 30.2 Å². The molecule has 14 heteroatoms. The van der Waals surface area contributed by atoms with Crippen LogP contribution in [0.4, 0.5) is 16.2 Å². The fourth-order valence-electron chi connectivity index (χ4n) is 4.59. The van der Waals surface area contributed by atoms with Crippen LogP contribution in [-0.2, 0) is 10.0 Å². The third-order valence-corrected chi connectivity index (χ3v) is 9.24. The lowest BCUT2D eigenvalue weighted by molar-refractivity contribution is 0.0387. The number of hydrogen-bond acceptors (Lipinski definition) is 8. The minimum Gasteiger partial charge on any atom is -0.488 e. The van der Waals surface area contributed by atoms with Crippen molar-refractivity contribution in [2.45, 2.75) is 44.7 Å². The van der Waals surface area contributed by atoms with E-state index in [0.29, 0.717) is 27.9 Å². The van der Waals surface area contributed by atoms with Crippen LogP contribution in [0.15, 0.2) is 51.9 Å². The molecule has 0 aliphatic carbocycles. The lowest BCUT2D eigenvalue weighted by atomic mass is 9.99. The van der Waals surface area contributed by atoms with Gasteiger partial charge in [0.1, 0.15) is 23.2 Å². The van der Waals surface area contributed by atoms with E-state index in [4.69, 9.17) is 20.9 Å². The molecule has 3 amide bonds. The fourth-order valence-corrected chi connectivity index (χ4v) is 5.90. The molecule has 3 N–H and O–H groups in total. The van der Waals surface area contributed by atoms with E-state index in [9.17, 15) is 23.1 Å². The van der Waals surface area contributed by atoms with Crippen LogP contribution < -0.4 is 15.4 Å². The number of anilines is 2. The highest BCUT2D eigenvalue weighted by Crippen LogP contribution is 2.31. The van der Waals surface area contributed by atoms with Crippen molar-refractivity contribution in [2.24, 2.45) is 5.92 Å². The van der Waals surface area contributed by atoms with Crippen LogP contribution in [0.25, 0.3) is 0 Å². The molecule has 1 aliphatic rings. The summed E-state index contributed by atoms with van der Waals surface area (Å²) >= 11 is 5.93. The molecule has 0 spiro atoms. The lowest BCUT2D eigenvalue weighted by Crippen LogP contribution is -2.50. The number of nitrogens with one attached hydrogen (secondary N) is 2. The molecule has 0 bridgehead atoms. The number of urea groups is 1. The summed E-state index contributed by atoms with van der Waals surface area (Å²) in [5, 5.41) is 19.5. The molecule has 0 saturated carbocycles. The number of rotatable bonds is 8. The summed E-state index contributed by atoms with van der Waals surface area (Å²) in [5.41, 5.74) is 1.43. The van der Waals surface area contributed by atoms with Gasteiger partial charge in [-0.05, 0) is 63.2 Å². The standard InChI is InChI=1S/C28H34ClN5O7S/c1-16-13-34(17(2)15-35)27(36)23-12-21(30-28(37)31-26-18(3)32-41-19(26)4)8-11-24(23)40-25(16)14-33(5)42(38,39)22-9-6-20(29)7-10-22/h6-12,16-17,25,35H,13-15H2,1-5H3,(H2,30,31,37)/t16-,17-,25-/m0/s1. The number of sulfonamides is 1. The van der Waals surface area contributed by atoms with E-state index in [1.165, 1.54) is 46.6 Å². The molecule has 12 nitrogen and oxygen atoms in total. The van der Waals surface area contributed by atoms with Crippen molar-refractivity contribution >= 4 is 44.9 Å². The second-order valence-corrected chi connectivity index (χ2v) is 12.8. The van der Waals surface area contributed by atoms with Crippen LogP contribution >= 0.6 is 11.6 Å². The summed E-state index contributed by atoms with van der Waals surface area (Å²) in [6.07, 6.45) is -0.654. The Morgan fingerprint density at radius 1 is 1.21 bits per heavy atom. The first kappa shape index (κ1) is 31.3. The predicted octanol–water partition coefficient (Wildman–Crippen LogP) is 4.13. The number of carbonyl (C=O) groups is 2. The average molecular weight is 620 g/mol. The smallest absolute Gasteiger partial charge is 0.323 e. The molecule has 2 heterocycles. The lowest BCUT2D eigenvalue weighted by Gasteiger charge is -2.38. The number of hydrogen-bond donors (Lipinski definition) is 3. The SMILES string of the molecule is Cc1noc(C)c1NC(=O)Nc1ccc2c(c1)C(=O)N([C@@H](C)CO)C[C@H](C)[C@H](CN(C)S(=O)(=O)c1ccc(Cl)cc1)O2. The zero-order valence-electron chi connectivity index (χ0n) is 23.9. The number of ether oxygens (including phenoxy) is 1. The Morgan fingerprint density at radius 3 is 2.52 bits per heavy atom. The Labute approximate surface area is 249 Å². The van der Waals surface area contributed by atoms with Gasteiger partial charge < -0.3 is 29.9 Å². The molecule has 0 saturated heterocycles. The van der Waals surface area contributed by atoms with Crippen molar-refractivity contribution in [2.75, 3.05) is 37.4 Å². The number of benzene rings is 2. The largest absolute Gasteiger partial charge is 0.488 e. The first-order valence-electron chi connectivity index (χ1n) is 13.3. The molecule has 0 unspecified atom stereocenters. The summed E-state index contributed by atoms with van der Waals surface area (Å²) < 4.78 is 39.1. The molecule has 226 valence electrons. The second-order valence-electron chi connectivity index (χ2n) is 10.4. The Morgan fingerprint density at radius 2 is 1.90 bits per heavy atom. The van der Waals surface area contributed by atoms with Gasteiger partial charge in [-0.25, -0.2) is 13.2 Å². The average Bonchev–Trinajstić information content (AvgIpc) is 3.26.